The van der Waals surface area contributed by atoms with Crippen molar-refractivity contribution in [2.24, 2.45) is 0 Å². The number of aryl methyl sites for hydroxylation is 1. The van der Waals surface area contributed by atoms with Crippen molar-refractivity contribution < 1.29 is 0 Å². The molecule has 0 aliphatic rings. The molecule has 0 saturated carbocycles. The maximum absolute atomic E-state index is 5.90. The number of halogens is 1. The molecule has 2 aromatic carbocycles. The summed E-state index contributed by atoms with van der Waals surface area (Å²) in [4.78, 5) is 0. The van der Waals surface area contributed by atoms with Gasteiger partial charge in [-0.2, -0.15) is 0 Å². The third-order valence-corrected chi connectivity index (χ3v) is 2.83. The van der Waals surface area contributed by atoms with Gasteiger partial charge in [0.25, 0.3) is 0 Å². The van der Waals surface area contributed by atoms with Crippen molar-refractivity contribution in [2.75, 3.05) is 10.6 Å². The van der Waals surface area contributed by atoms with Gasteiger partial charge in [-0.3, -0.25) is 0 Å². The number of anilines is 2. The summed E-state index contributed by atoms with van der Waals surface area (Å²) in [5, 5.41) is 7.42. The van der Waals surface area contributed by atoms with Gasteiger partial charge in [-0.05, 0) is 49.5 Å². The number of rotatable bonds is 2. The van der Waals surface area contributed by atoms with Crippen LogP contribution in [-0.4, -0.2) is 5.11 Å². The molecule has 0 spiro atoms. The van der Waals surface area contributed by atoms with Gasteiger partial charge >= 0.3 is 0 Å². The van der Waals surface area contributed by atoms with Crippen LogP contribution in [0, 0.1) is 6.92 Å². The van der Waals surface area contributed by atoms with Gasteiger partial charge in [0.15, 0.2) is 5.11 Å². The Kier molecular flexibility index (Phi) is 4.18. The van der Waals surface area contributed by atoms with Crippen LogP contribution >= 0.6 is 23.8 Å². The Morgan fingerprint density at radius 3 is 2.33 bits per heavy atom. The first-order valence-corrected chi connectivity index (χ1v) is 6.32. The second-order valence-corrected chi connectivity index (χ2v) is 4.80. The number of thiocarbonyl (C=S) groups is 1. The number of benzene rings is 2. The Morgan fingerprint density at radius 1 is 1.00 bits per heavy atom. The van der Waals surface area contributed by atoms with E-state index in [1.165, 1.54) is 5.56 Å². The average Bonchev–Trinajstić information content (AvgIpc) is 2.32. The molecule has 0 bridgehead atoms. The lowest BCUT2D eigenvalue weighted by Gasteiger charge is -2.10. The van der Waals surface area contributed by atoms with E-state index in [0.717, 1.165) is 11.4 Å². The molecule has 0 amide bonds. The summed E-state index contributed by atoms with van der Waals surface area (Å²) in [7, 11) is 0. The first kappa shape index (κ1) is 12.9. The van der Waals surface area contributed by atoms with E-state index in [1.807, 2.05) is 55.5 Å². The van der Waals surface area contributed by atoms with Gasteiger partial charge in [0, 0.05) is 16.4 Å². The second kappa shape index (κ2) is 5.85. The summed E-state index contributed by atoms with van der Waals surface area (Å²) >= 11 is 11.1. The Morgan fingerprint density at radius 2 is 1.67 bits per heavy atom. The van der Waals surface area contributed by atoms with Gasteiger partial charge in [-0.1, -0.05) is 35.4 Å². The van der Waals surface area contributed by atoms with E-state index in [0.29, 0.717) is 10.1 Å². The van der Waals surface area contributed by atoms with Crippen molar-refractivity contribution in [2.45, 2.75) is 6.92 Å². The molecule has 92 valence electrons. The summed E-state index contributed by atoms with van der Waals surface area (Å²) in [6.45, 7) is 2.05. The fraction of sp³-hybridized carbons (Fsp3) is 0.0714. The van der Waals surface area contributed by atoms with Crippen LogP contribution in [0.2, 0.25) is 5.02 Å². The van der Waals surface area contributed by atoms with E-state index in [-0.39, 0.29) is 0 Å². The minimum absolute atomic E-state index is 0.543. The summed E-state index contributed by atoms with van der Waals surface area (Å²) in [5.74, 6) is 0. The zero-order chi connectivity index (χ0) is 13.0. The van der Waals surface area contributed by atoms with E-state index in [2.05, 4.69) is 10.6 Å². The molecule has 2 aromatic rings. The van der Waals surface area contributed by atoms with Crippen LogP contribution in [0.25, 0.3) is 0 Å². The SMILES string of the molecule is Cc1ccc(NC(=S)Nc2cccc(Cl)c2)cc1. The molecule has 2 nitrogen and oxygen atoms in total. The topological polar surface area (TPSA) is 24.1 Å². The lowest BCUT2D eigenvalue weighted by Crippen LogP contribution is -2.18. The predicted octanol–water partition coefficient (Wildman–Crippen LogP) is 4.46. The van der Waals surface area contributed by atoms with Crippen LogP contribution in [-0.2, 0) is 0 Å². The number of hydrogen-bond acceptors (Lipinski definition) is 1. The number of hydrogen-bond donors (Lipinski definition) is 2. The van der Waals surface area contributed by atoms with Crippen molar-refractivity contribution in [3.05, 3.63) is 59.1 Å². The first-order chi connectivity index (χ1) is 8.63. The third-order valence-electron chi connectivity index (χ3n) is 2.39. The van der Waals surface area contributed by atoms with Crippen LogP contribution in [0.4, 0.5) is 11.4 Å². The van der Waals surface area contributed by atoms with Crippen molar-refractivity contribution in [1.29, 1.82) is 0 Å². The van der Waals surface area contributed by atoms with Gasteiger partial charge in [-0.25, -0.2) is 0 Å². The van der Waals surface area contributed by atoms with Crippen LogP contribution in [0.1, 0.15) is 5.56 Å². The molecule has 0 unspecified atom stereocenters. The zero-order valence-corrected chi connectivity index (χ0v) is 11.5. The molecule has 0 heterocycles. The largest absolute Gasteiger partial charge is 0.332 e. The summed E-state index contributed by atoms with van der Waals surface area (Å²) < 4.78 is 0. The Hall–Kier alpha value is -1.58. The highest BCUT2D eigenvalue weighted by Gasteiger charge is 1.99. The quantitative estimate of drug-likeness (QED) is 0.792. The molecule has 18 heavy (non-hydrogen) atoms. The van der Waals surface area contributed by atoms with E-state index in [4.69, 9.17) is 23.8 Å². The van der Waals surface area contributed by atoms with Gasteiger partial charge in [0.1, 0.15) is 0 Å². The molecule has 2 rings (SSSR count). The number of nitrogens with one attached hydrogen (secondary N) is 2. The third kappa shape index (κ3) is 3.72. The molecule has 4 heteroatoms. The van der Waals surface area contributed by atoms with E-state index < -0.39 is 0 Å². The molecule has 0 aliphatic carbocycles. The summed E-state index contributed by atoms with van der Waals surface area (Å²) in [6.07, 6.45) is 0. The van der Waals surface area contributed by atoms with Crippen LogP contribution in [0.3, 0.4) is 0 Å². The monoisotopic (exact) mass is 276 g/mol. The van der Waals surface area contributed by atoms with Crippen molar-refractivity contribution in [3.8, 4) is 0 Å². The Balaban J connectivity index is 1.98. The highest BCUT2D eigenvalue weighted by atomic mass is 35.5. The van der Waals surface area contributed by atoms with Crippen LogP contribution in [0.5, 0.6) is 0 Å². The van der Waals surface area contributed by atoms with E-state index in [9.17, 15) is 0 Å². The molecule has 0 atom stereocenters. The predicted molar refractivity (Wildman–Crippen MR) is 82.5 cm³/mol. The van der Waals surface area contributed by atoms with Crippen LogP contribution in [0.15, 0.2) is 48.5 Å². The minimum atomic E-state index is 0.543. The molecule has 2 N–H and O–H groups in total. The smallest absolute Gasteiger partial charge is 0.175 e. The molecule has 0 aliphatic heterocycles. The van der Waals surface area contributed by atoms with Crippen molar-refractivity contribution in [3.63, 3.8) is 0 Å². The standard InChI is InChI=1S/C14H13ClN2S/c1-10-5-7-12(8-6-10)16-14(18)17-13-4-2-3-11(15)9-13/h2-9H,1H3,(H2,16,17,18). The fourth-order valence-electron chi connectivity index (χ4n) is 1.50. The van der Waals surface area contributed by atoms with Gasteiger partial charge in [0.2, 0.25) is 0 Å². The molecule has 0 fully saturated rings. The molecular weight excluding hydrogens is 264 g/mol. The maximum atomic E-state index is 5.90. The van der Waals surface area contributed by atoms with Gasteiger partial charge in [0.05, 0.1) is 0 Å². The highest BCUT2D eigenvalue weighted by Crippen LogP contribution is 2.15. The first-order valence-electron chi connectivity index (χ1n) is 5.54. The molecule has 0 saturated heterocycles. The van der Waals surface area contributed by atoms with Crippen molar-refractivity contribution >= 4 is 40.3 Å². The average molecular weight is 277 g/mol. The Labute approximate surface area is 117 Å². The van der Waals surface area contributed by atoms with Crippen molar-refractivity contribution in [1.82, 2.24) is 0 Å². The summed E-state index contributed by atoms with van der Waals surface area (Å²) in [5.41, 5.74) is 3.04. The highest BCUT2D eigenvalue weighted by molar-refractivity contribution is 7.80. The normalized spacial score (nSPS) is 9.89. The van der Waals surface area contributed by atoms with Gasteiger partial charge in [-0.15, -0.1) is 0 Å². The lowest BCUT2D eigenvalue weighted by molar-refractivity contribution is 1.47. The fourth-order valence-corrected chi connectivity index (χ4v) is 1.92. The second-order valence-electron chi connectivity index (χ2n) is 3.96. The summed E-state index contributed by atoms with van der Waals surface area (Å²) in [6, 6.07) is 15.5. The lowest BCUT2D eigenvalue weighted by atomic mass is 10.2. The molecule has 0 aromatic heterocycles. The van der Waals surface area contributed by atoms with Crippen LogP contribution < -0.4 is 10.6 Å². The van der Waals surface area contributed by atoms with Gasteiger partial charge < -0.3 is 10.6 Å². The molecular formula is C14H13ClN2S. The Bertz CT molecular complexity index is 552. The minimum Gasteiger partial charge on any atom is -0.332 e. The van der Waals surface area contributed by atoms with E-state index >= 15 is 0 Å². The maximum Gasteiger partial charge on any atom is 0.175 e. The van der Waals surface area contributed by atoms with E-state index in [1.54, 1.807) is 0 Å². The molecule has 0 radical (unpaired) electrons. The zero-order valence-electron chi connectivity index (χ0n) is 9.91.